The van der Waals surface area contributed by atoms with Crippen molar-refractivity contribution in [1.29, 1.82) is 0 Å². The van der Waals surface area contributed by atoms with Crippen LogP contribution in [0.1, 0.15) is 12.5 Å². The molecule has 1 aromatic rings. The van der Waals surface area contributed by atoms with Gasteiger partial charge in [0.25, 0.3) is 0 Å². The Hall–Kier alpha value is -1.15. The maximum atomic E-state index is 12.1. The van der Waals surface area contributed by atoms with Crippen molar-refractivity contribution in [1.82, 2.24) is 4.72 Å². The summed E-state index contributed by atoms with van der Waals surface area (Å²) in [6.07, 6.45) is 0. The molecular weight excluding hydrogens is 268 g/mol. The molecule has 1 atom stereocenters. The van der Waals surface area contributed by atoms with Crippen molar-refractivity contribution in [2.24, 2.45) is 5.73 Å². The fourth-order valence-corrected chi connectivity index (χ4v) is 2.98. The Bertz CT molecular complexity index is 516. The molecule has 0 aliphatic rings. The summed E-state index contributed by atoms with van der Waals surface area (Å²) >= 11 is 0. The van der Waals surface area contributed by atoms with Crippen LogP contribution >= 0.6 is 0 Å². The molecule has 108 valence electrons. The highest BCUT2D eigenvalue weighted by molar-refractivity contribution is 7.89. The predicted molar refractivity (Wildman–Crippen MR) is 72.5 cm³/mol. The quantitative estimate of drug-likeness (QED) is 0.761. The van der Waals surface area contributed by atoms with Gasteiger partial charge in [-0.2, -0.15) is 0 Å². The number of ether oxygens (including phenoxy) is 2. The van der Waals surface area contributed by atoms with Crippen LogP contribution in [-0.4, -0.2) is 35.3 Å². The molecule has 0 amide bonds. The number of sulfonamides is 1. The van der Waals surface area contributed by atoms with E-state index in [-0.39, 0.29) is 17.5 Å². The number of hydrogen-bond acceptors (Lipinski definition) is 5. The largest absolute Gasteiger partial charge is 0.496 e. The van der Waals surface area contributed by atoms with Crippen LogP contribution in [0.3, 0.4) is 0 Å². The van der Waals surface area contributed by atoms with Gasteiger partial charge in [-0.15, -0.1) is 0 Å². The van der Waals surface area contributed by atoms with Crippen molar-refractivity contribution in [3.63, 3.8) is 0 Å². The Morgan fingerprint density at radius 2 is 2.05 bits per heavy atom. The first-order chi connectivity index (χ1) is 8.94. The summed E-state index contributed by atoms with van der Waals surface area (Å²) in [5.41, 5.74) is 6.22. The first-order valence-electron chi connectivity index (χ1n) is 5.82. The smallest absolute Gasteiger partial charge is 0.240 e. The van der Waals surface area contributed by atoms with Gasteiger partial charge in [0.1, 0.15) is 5.75 Å². The molecule has 0 aliphatic carbocycles. The summed E-state index contributed by atoms with van der Waals surface area (Å²) in [4.78, 5) is 0.164. The summed E-state index contributed by atoms with van der Waals surface area (Å²) in [6, 6.07) is 4.29. The minimum Gasteiger partial charge on any atom is -0.496 e. The number of rotatable bonds is 7. The van der Waals surface area contributed by atoms with Crippen LogP contribution in [0.5, 0.6) is 5.75 Å². The Labute approximate surface area is 113 Å². The van der Waals surface area contributed by atoms with Crippen LogP contribution in [0, 0.1) is 0 Å². The van der Waals surface area contributed by atoms with E-state index in [0.29, 0.717) is 17.9 Å². The Balaban J connectivity index is 3.01. The molecular formula is C12H20N2O4S. The lowest BCUT2D eigenvalue weighted by atomic mass is 10.2. The molecule has 0 heterocycles. The summed E-state index contributed by atoms with van der Waals surface area (Å²) in [5.74, 6) is 0.575. The van der Waals surface area contributed by atoms with E-state index in [1.165, 1.54) is 26.4 Å². The van der Waals surface area contributed by atoms with Gasteiger partial charge < -0.3 is 15.2 Å². The summed E-state index contributed by atoms with van der Waals surface area (Å²) in [6.45, 7) is 2.24. The average Bonchev–Trinajstić information content (AvgIpc) is 2.37. The van der Waals surface area contributed by atoms with E-state index in [4.69, 9.17) is 15.2 Å². The van der Waals surface area contributed by atoms with Crippen LogP contribution < -0.4 is 15.2 Å². The molecule has 0 bridgehead atoms. The van der Waals surface area contributed by atoms with Crippen molar-refractivity contribution in [3.05, 3.63) is 23.8 Å². The molecule has 0 spiro atoms. The monoisotopic (exact) mass is 288 g/mol. The lowest BCUT2D eigenvalue weighted by molar-refractivity contribution is 0.180. The van der Waals surface area contributed by atoms with Gasteiger partial charge in [0, 0.05) is 25.3 Å². The SMILES string of the molecule is COCC(C)NS(=O)(=O)c1ccc(OC)c(CN)c1. The van der Waals surface area contributed by atoms with E-state index in [1.54, 1.807) is 13.0 Å². The fraction of sp³-hybridized carbons (Fsp3) is 0.500. The molecule has 0 fully saturated rings. The zero-order chi connectivity index (χ0) is 14.5. The molecule has 19 heavy (non-hydrogen) atoms. The Kier molecular flexibility index (Phi) is 5.74. The van der Waals surface area contributed by atoms with Crippen LogP contribution in [0.2, 0.25) is 0 Å². The molecule has 0 radical (unpaired) electrons. The van der Waals surface area contributed by atoms with Crippen molar-refractivity contribution < 1.29 is 17.9 Å². The van der Waals surface area contributed by atoms with Crippen molar-refractivity contribution in [2.45, 2.75) is 24.4 Å². The zero-order valence-corrected chi connectivity index (χ0v) is 12.2. The third kappa shape index (κ3) is 4.17. The summed E-state index contributed by atoms with van der Waals surface area (Å²) < 4.78 is 36.8. The minimum absolute atomic E-state index is 0.164. The van der Waals surface area contributed by atoms with E-state index in [9.17, 15) is 8.42 Å². The molecule has 7 heteroatoms. The maximum Gasteiger partial charge on any atom is 0.240 e. The predicted octanol–water partition coefficient (Wildman–Crippen LogP) is 0.467. The number of benzene rings is 1. The first kappa shape index (κ1) is 15.9. The van der Waals surface area contributed by atoms with Gasteiger partial charge in [0.15, 0.2) is 0 Å². The molecule has 0 aromatic heterocycles. The molecule has 1 aromatic carbocycles. The van der Waals surface area contributed by atoms with Crippen LogP contribution in [0.4, 0.5) is 0 Å². The number of nitrogens with one attached hydrogen (secondary N) is 1. The molecule has 0 saturated heterocycles. The Morgan fingerprint density at radius 1 is 1.37 bits per heavy atom. The summed E-state index contributed by atoms with van der Waals surface area (Å²) in [5, 5.41) is 0. The average molecular weight is 288 g/mol. The highest BCUT2D eigenvalue weighted by Gasteiger charge is 2.18. The standard InChI is InChI=1S/C12H20N2O4S/c1-9(8-17-2)14-19(15,16)11-4-5-12(18-3)10(6-11)7-13/h4-6,9,14H,7-8,13H2,1-3H3. The van der Waals surface area contributed by atoms with Crippen LogP contribution in [-0.2, 0) is 21.3 Å². The van der Waals surface area contributed by atoms with Gasteiger partial charge in [-0.05, 0) is 25.1 Å². The normalized spacial score (nSPS) is 13.3. The van der Waals surface area contributed by atoms with Crippen molar-refractivity contribution >= 4 is 10.0 Å². The lowest BCUT2D eigenvalue weighted by Crippen LogP contribution is -2.35. The molecule has 0 saturated carbocycles. The molecule has 1 unspecified atom stereocenters. The number of nitrogens with two attached hydrogens (primary N) is 1. The second-order valence-electron chi connectivity index (χ2n) is 4.16. The highest BCUT2D eigenvalue weighted by atomic mass is 32.2. The van der Waals surface area contributed by atoms with E-state index in [0.717, 1.165) is 0 Å². The van der Waals surface area contributed by atoms with Gasteiger partial charge >= 0.3 is 0 Å². The highest BCUT2D eigenvalue weighted by Crippen LogP contribution is 2.22. The van der Waals surface area contributed by atoms with Crippen molar-refractivity contribution in [3.8, 4) is 5.75 Å². The zero-order valence-electron chi connectivity index (χ0n) is 11.3. The molecule has 0 aliphatic heterocycles. The molecule has 1 rings (SSSR count). The van der Waals surface area contributed by atoms with Crippen LogP contribution in [0.25, 0.3) is 0 Å². The van der Waals surface area contributed by atoms with E-state index >= 15 is 0 Å². The number of hydrogen-bond donors (Lipinski definition) is 2. The van der Waals surface area contributed by atoms with Crippen molar-refractivity contribution in [2.75, 3.05) is 20.8 Å². The minimum atomic E-state index is -3.58. The van der Waals surface area contributed by atoms with Gasteiger partial charge in [0.2, 0.25) is 10.0 Å². The third-order valence-corrected chi connectivity index (χ3v) is 4.14. The van der Waals surface area contributed by atoms with E-state index in [2.05, 4.69) is 4.72 Å². The fourth-order valence-electron chi connectivity index (χ4n) is 1.70. The molecule has 6 nitrogen and oxygen atoms in total. The second-order valence-corrected chi connectivity index (χ2v) is 5.87. The number of methoxy groups -OCH3 is 2. The summed E-state index contributed by atoms with van der Waals surface area (Å²) in [7, 11) is -0.546. The van der Waals surface area contributed by atoms with Crippen LogP contribution in [0.15, 0.2) is 23.1 Å². The first-order valence-corrected chi connectivity index (χ1v) is 7.31. The van der Waals surface area contributed by atoms with Gasteiger partial charge in [0.05, 0.1) is 18.6 Å². The topological polar surface area (TPSA) is 90.6 Å². The van der Waals surface area contributed by atoms with Gasteiger partial charge in [-0.25, -0.2) is 13.1 Å². The molecule has 3 N–H and O–H groups in total. The van der Waals surface area contributed by atoms with Gasteiger partial charge in [-0.3, -0.25) is 0 Å². The Morgan fingerprint density at radius 3 is 2.58 bits per heavy atom. The second kappa shape index (κ2) is 6.85. The third-order valence-electron chi connectivity index (χ3n) is 2.56. The maximum absolute atomic E-state index is 12.1. The lowest BCUT2D eigenvalue weighted by Gasteiger charge is -2.14. The van der Waals surface area contributed by atoms with E-state index in [1.807, 2.05) is 0 Å². The van der Waals surface area contributed by atoms with E-state index < -0.39 is 10.0 Å². The van der Waals surface area contributed by atoms with Gasteiger partial charge in [-0.1, -0.05) is 0 Å².